The van der Waals surface area contributed by atoms with Gasteiger partial charge in [-0.15, -0.1) is 0 Å². The number of aromatic nitrogens is 7. The first kappa shape index (κ1) is 23.4. The van der Waals surface area contributed by atoms with Crippen molar-refractivity contribution in [3.63, 3.8) is 0 Å². The van der Waals surface area contributed by atoms with Crippen LogP contribution in [0.4, 0.5) is 9.18 Å². The van der Waals surface area contributed by atoms with Crippen LogP contribution in [0.3, 0.4) is 0 Å². The maximum atomic E-state index is 13.9. The van der Waals surface area contributed by atoms with E-state index in [2.05, 4.69) is 35.8 Å². The quantitative estimate of drug-likeness (QED) is 0.362. The minimum atomic E-state index is -0.569. The summed E-state index contributed by atoms with van der Waals surface area (Å²) in [5, 5.41) is 15.1. The van der Waals surface area contributed by atoms with Crippen LogP contribution in [0.25, 0.3) is 22.3 Å². The number of pyridine rings is 1. The molecule has 5 aromatic rings. The van der Waals surface area contributed by atoms with Gasteiger partial charge >= 0.3 is 6.03 Å². The lowest BCUT2D eigenvalue weighted by Gasteiger charge is -2.10. The van der Waals surface area contributed by atoms with Gasteiger partial charge in [0.15, 0.2) is 11.6 Å². The van der Waals surface area contributed by atoms with Crippen molar-refractivity contribution in [2.75, 3.05) is 0 Å². The molecule has 0 spiro atoms. The number of carbonyl (C=O) groups is 1. The highest BCUT2D eigenvalue weighted by Gasteiger charge is 2.14. The van der Waals surface area contributed by atoms with Gasteiger partial charge in [-0.25, -0.2) is 28.5 Å². The number of fused-ring (bicyclic) bond motifs is 1. The van der Waals surface area contributed by atoms with Gasteiger partial charge in [-0.2, -0.15) is 10.2 Å². The SMILES string of the molecule is Cc1ccc2ccc(-n3ncnc3CNC(=O)NCc3nc(C)nn3-c3ccc(Cl)c(F)c3)cc2n1. The molecule has 3 aromatic heterocycles. The van der Waals surface area contributed by atoms with E-state index in [1.807, 2.05) is 37.3 Å². The van der Waals surface area contributed by atoms with Crippen molar-refractivity contribution in [1.82, 2.24) is 45.1 Å². The molecule has 182 valence electrons. The zero-order valence-corrected chi connectivity index (χ0v) is 20.2. The molecule has 36 heavy (non-hydrogen) atoms. The Morgan fingerprint density at radius 3 is 2.47 bits per heavy atom. The third-order valence-corrected chi connectivity index (χ3v) is 5.73. The standard InChI is InChI=1S/C24H21ClFN9O/c1-14-3-4-16-5-6-18(10-21(16)31-14)34-22(29-13-30-34)11-27-24(36)28-12-23-32-15(2)33-35(23)17-7-8-19(25)20(26)9-17/h3-10,13H,11-12H2,1-2H3,(H2,27,28,36). The van der Waals surface area contributed by atoms with E-state index in [1.165, 1.54) is 23.1 Å². The smallest absolute Gasteiger partial charge is 0.315 e. The predicted octanol–water partition coefficient (Wildman–Crippen LogP) is 3.80. The van der Waals surface area contributed by atoms with Gasteiger partial charge in [0.05, 0.1) is 35.0 Å². The number of aryl methyl sites for hydroxylation is 2. The lowest BCUT2D eigenvalue weighted by molar-refractivity contribution is 0.239. The molecule has 10 nitrogen and oxygen atoms in total. The number of benzene rings is 2. The Kier molecular flexibility index (Phi) is 6.30. The fourth-order valence-corrected chi connectivity index (χ4v) is 3.84. The van der Waals surface area contributed by atoms with Gasteiger partial charge in [-0.05, 0) is 44.2 Å². The fraction of sp³-hybridized carbons (Fsp3) is 0.167. The third-order valence-electron chi connectivity index (χ3n) is 5.42. The topological polar surface area (TPSA) is 115 Å². The Bertz CT molecular complexity index is 1580. The second kappa shape index (κ2) is 9.70. The molecule has 2 aromatic carbocycles. The van der Waals surface area contributed by atoms with E-state index >= 15 is 0 Å². The molecule has 0 unspecified atom stereocenters. The summed E-state index contributed by atoms with van der Waals surface area (Å²) in [4.78, 5) is 25.7. The average molecular weight is 506 g/mol. The summed E-state index contributed by atoms with van der Waals surface area (Å²) >= 11 is 5.78. The Morgan fingerprint density at radius 2 is 1.67 bits per heavy atom. The fourth-order valence-electron chi connectivity index (χ4n) is 3.72. The predicted molar refractivity (Wildman–Crippen MR) is 132 cm³/mol. The van der Waals surface area contributed by atoms with Crippen molar-refractivity contribution in [2.45, 2.75) is 26.9 Å². The minimum absolute atomic E-state index is 0.0116. The maximum absolute atomic E-state index is 13.9. The zero-order chi connectivity index (χ0) is 25.2. The second-order valence-corrected chi connectivity index (χ2v) is 8.45. The third kappa shape index (κ3) is 4.86. The Hall–Kier alpha value is -4.38. The van der Waals surface area contributed by atoms with E-state index in [9.17, 15) is 9.18 Å². The van der Waals surface area contributed by atoms with E-state index in [0.29, 0.717) is 23.2 Å². The van der Waals surface area contributed by atoms with Gasteiger partial charge in [-0.3, -0.25) is 4.98 Å². The van der Waals surface area contributed by atoms with Crippen LogP contribution >= 0.6 is 11.6 Å². The van der Waals surface area contributed by atoms with E-state index in [-0.39, 0.29) is 18.1 Å². The molecule has 0 aliphatic heterocycles. The highest BCUT2D eigenvalue weighted by atomic mass is 35.5. The van der Waals surface area contributed by atoms with Gasteiger partial charge in [0, 0.05) is 17.1 Å². The molecular weight excluding hydrogens is 485 g/mol. The first-order valence-electron chi connectivity index (χ1n) is 11.0. The van der Waals surface area contributed by atoms with Crippen LogP contribution in [0.5, 0.6) is 0 Å². The van der Waals surface area contributed by atoms with Crippen LogP contribution in [-0.2, 0) is 13.1 Å². The lowest BCUT2D eigenvalue weighted by atomic mass is 10.2. The summed E-state index contributed by atoms with van der Waals surface area (Å²) in [6.45, 7) is 3.86. The highest BCUT2D eigenvalue weighted by molar-refractivity contribution is 6.30. The average Bonchev–Trinajstić information content (AvgIpc) is 3.49. The summed E-state index contributed by atoms with van der Waals surface area (Å²) in [7, 11) is 0. The Morgan fingerprint density at radius 1 is 0.944 bits per heavy atom. The van der Waals surface area contributed by atoms with E-state index < -0.39 is 11.8 Å². The van der Waals surface area contributed by atoms with E-state index in [0.717, 1.165) is 22.3 Å². The number of urea groups is 1. The second-order valence-electron chi connectivity index (χ2n) is 8.04. The highest BCUT2D eigenvalue weighted by Crippen LogP contribution is 2.19. The van der Waals surface area contributed by atoms with Crippen LogP contribution in [-0.4, -0.2) is 40.5 Å². The van der Waals surface area contributed by atoms with E-state index in [1.54, 1.807) is 17.7 Å². The first-order valence-corrected chi connectivity index (χ1v) is 11.4. The summed E-state index contributed by atoms with van der Waals surface area (Å²) in [6, 6.07) is 13.7. The minimum Gasteiger partial charge on any atom is -0.331 e. The van der Waals surface area contributed by atoms with Gasteiger partial charge < -0.3 is 10.6 Å². The van der Waals surface area contributed by atoms with Gasteiger partial charge in [0.1, 0.15) is 18.0 Å². The number of halogens is 2. The first-order chi connectivity index (χ1) is 17.4. The van der Waals surface area contributed by atoms with Crippen molar-refractivity contribution < 1.29 is 9.18 Å². The molecular formula is C24H21ClFN9O. The molecule has 2 N–H and O–H groups in total. The van der Waals surface area contributed by atoms with E-state index in [4.69, 9.17) is 11.6 Å². The number of carbonyl (C=O) groups excluding carboxylic acids is 1. The summed E-state index contributed by atoms with van der Waals surface area (Å²) in [5.74, 6) is 0.899. The molecule has 0 radical (unpaired) electrons. The van der Waals surface area contributed by atoms with Crippen LogP contribution in [0.1, 0.15) is 23.2 Å². The number of nitrogens with zero attached hydrogens (tertiary/aromatic N) is 7. The number of amides is 2. The molecule has 0 aliphatic carbocycles. The van der Waals surface area contributed by atoms with Crippen LogP contribution in [0, 0.1) is 19.7 Å². The molecule has 0 saturated carbocycles. The molecule has 2 amide bonds. The molecule has 5 rings (SSSR count). The Labute approximate surface area is 210 Å². The van der Waals surface area contributed by atoms with Crippen LogP contribution in [0.15, 0.2) is 54.9 Å². The monoisotopic (exact) mass is 505 g/mol. The van der Waals surface area contributed by atoms with Crippen molar-refractivity contribution in [2.24, 2.45) is 0 Å². The summed E-state index contributed by atoms with van der Waals surface area (Å²) in [5.41, 5.74) is 3.00. The molecule has 0 saturated heterocycles. The molecule has 0 atom stereocenters. The largest absolute Gasteiger partial charge is 0.331 e. The normalized spacial score (nSPS) is 11.1. The molecule has 0 aliphatic rings. The van der Waals surface area contributed by atoms with Crippen molar-refractivity contribution >= 4 is 28.5 Å². The summed E-state index contributed by atoms with van der Waals surface area (Å²) in [6.07, 6.45) is 1.43. The van der Waals surface area contributed by atoms with Crippen molar-refractivity contribution in [3.05, 3.63) is 88.9 Å². The number of hydrogen-bond acceptors (Lipinski definition) is 6. The molecule has 0 bridgehead atoms. The van der Waals surface area contributed by atoms with Gasteiger partial charge in [0.2, 0.25) is 0 Å². The molecule has 0 fully saturated rings. The number of rotatable bonds is 6. The molecule has 12 heteroatoms. The summed E-state index contributed by atoms with van der Waals surface area (Å²) < 4.78 is 17.0. The number of hydrogen-bond donors (Lipinski definition) is 2. The van der Waals surface area contributed by atoms with Crippen molar-refractivity contribution in [1.29, 1.82) is 0 Å². The van der Waals surface area contributed by atoms with Crippen LogP contribution < -0.4 is 10.6 Å². The maximum Gasteiger partial charge on any atom is 0.315 e. The van der Waals surface area contributed by atoms with Crippen LogP contribution in [0.2, 0.25) is 5.02 Å². The zero-order valence-electron chi connectivity index (χ0n) is 19.4. The van der Waals surface area contributed by atoms with Crippen molar-refractivity contribution in [3.8, 4) is 11.4 Å². The lowest BCUT2D eigenvalue weighted by Crippen LogP contribution is -2.36. The van der Waals surface area contributed by atoms with Gasteiger partial charge in [0.25, 0.3) is 0 Å². The Balaban J connectivity index is 1.25. The molecule has 3 heterocycles. The number of nitrogens with one attached hydrogen (secondary N) is 2. The van der Waals surface area contributed by atoms with Gasteiger partial charge in [-0.1, -0.05) is 23.7 Å².